The van der Waals surface area contributed by atoms with Gasteiger partial charge in [-0.05, 0) is 51.1 Å². The van der Waals surface area contributed by atoms with Crippen LogP contribution in [0, 0.1) is 11.8 Å². The molecule has 2 heterocycles. The van der Waals surface area contributed by atoms with Crippen molar-refractivity contribution in [2.45, 2.75) is 51.0 Å². The molecule has 3 fully saturated rings. The Morgan fingerprint density at radius 2 is 1.90 bits per heavy atom. The van der Waals surface area contributed by atoms with Gasteiger partial charge in [-0.15, -0.1) is 0 Å². The molecule has 2 unspecified atom stereocenters. The van der Waals surface area contributed by atoms with Crippen molar-refractivity contribution in [3.05, 3.63) is 0 Å². The van der Waals surface area contributed by atoms with Gasteiger partial charge in [0, 0.05) is 31.2 Å². The molecule has 2 saturated heterocycles. The molecular formula is C16H28N2O2. The molecule has 0 spiro atoms. The van der Waals surface area contributed by atoms with E-state index in [1.54, 1.807) is 0 Å². The summed E-state index contributed by atoms with van der Waals surface area (Å²) in [5.41, 5.74) is 0.159. The molecule has 1 saturated carbocycles. The molecule has 1 N–H and O–H groups in total. The zero-order chi connectivity index (χ0) is 14.0. The second-order valence-corrected chi connectivity index (χ2v) is 6.92. The summed E-state index contributed by atoms with van der Waals surface area (Å²) >= 11 is 0. The maximum Gasteiger partial charge on any atom is 0.223 e. The first-order valence-electron chi connectivity index (χ1n) is 8.32. The third-order valence-electron chi connectivity index (χ3n) is 5.49. The van der Waals surface area contributed by atoms with Crippen LogP contribution in [0.4, 0.5) is 0 Å². The average molecular weight is 280 g/mol. The minimum Gasteiger partial charge on any atom is -0.381 e. The second-order valence-electron chi connectivity index (χ2n) is 6.92. The molecule has 0 aromatic heterocycles. The molecule has 4 nitrogen and oxygen atoms in total. The number of carbonyl (C=O) groups is 1. The number of ether oxygens (including phenoxy) is 1. The molecule has 2 atom stereocenters. The number of likely N-dealkylation sites (tertiary alicyclic amines) is 1. The van der Waals surface area contributed by atoms with Gasteiger partial charge in [-0.25, -0.2) is 0 Å². The standard InChI is InChI=1S/C16H28N2O2/c1-13-11-14(13)15(19)17-12-16(5-9-20-10-6-16)18-7-3-2-4-8-18/h13-14H,2-12H2,1H3,(H,17,19). The maximum absolute atomic E-state index is 12.1. The Labute approximate surface area is 122 Å². The number of piperidine rings is 1. The number of nitrogens with zero attached hydrogens (tertiary/aromatic N) is 1. The summed E-state index contributed by atoms with van der Waals surface area (Å²) in [4.78, 5) is 14.8. The van der Waals surface area contributed by atoms with Crippen LogP contribution in [0.5, 0.6) is 0 Å². The molecule has 20 heavy (non-hydrogen) atoms. The van der Waals surface area contributed by atoms with Gasteiger partial charge in [0.1, 0.15) is 0 Å². The summed E-state index contributed by atoms with van der Waals surface area (Å²) in [6.45, 7) is 7.04. The van der Waals surface area contributed by atoms with Gasteiger partial charge in [-0.2, -0.15) is 0 Å². The van der Waals surface area contributed by atoms with Crippen LogP contribution in [0.15, 0.2) is 0 Å². The zero-order valence-electron chi connectivity index (χ0n) is 12.7. The monoisotopic (exact) mass is 280 g/mol. The summed E-state index contributed by atoms with van der Waals surface area (Å²) in [7, 11) is 0. The van der Waals surface area contributed by atoms with Crippen LogP contribution in [-0.2, 0) is 9.53 Å². The summed E-state index contributed by atoms with van der Waals surface area (Å²) in [6.07, 6.45) is 7.16. The molecule has 1 amide bonds. The van der Waals surface area contributed by atoms with E-state index in [4.69, 9.17) is 4.74 Å². The van der Waals surface area contributed by atoms with Gasteiger partial charge < -0.3 is 10.1 Å². The molecule has 0 radical (unpaired) electrons. The highest BCUT2D eigenvalue weighted by molar-refractivity contribution is 5.81. The molecule has 4 heteroatoms. The number of amides is 1. The lowest BCUT2D eigenvalue weighted by Crippen LogP contribution is -2.59. The molecule has 2 aliphatic heterocycles. The van der Waals surface area contributed by atoms with Crippen LogP contribution in [0.3, 0.4) is 0 Å². The SMILES string of the molecule is CC1CC1C(=O)NCC1(N2CCCCC2)CCOCC1. The molecule has 114 valence electrons. The van der Waals surface area contributed by atoms with Crippen molar-refractivity contribution in [3.63, 3.8) is 0 Å². The van der Waals surface area contributed by atoms with Gasteiger partial charge in [0.25, 0.3) is 0 Å². The van der Waals surface area contributed by atoms with E-state index >= 15 is 0 Å². The first-order valence-corrected chi connectivity index (χ1v) is 8.32. The Morgan fingerprint density at radius 1 is 1.25 bits per heavy atom. The lowest BCUT2D eigenvalue weighted by Gasteiger charge is -2.48. The normalized spacial score (nSPS) is 33.6. The minimum absolute atomic E-state index is 0.159. The largest absolute Gasteiger partial charge is 0.381 e. The summed E-state index contributed by atoms with van der Waals surface area (Å²) in [5, 5.41) is 3.25. The van der Waals surface area contributed by atoms with Gasteiger partial charge in [0.05, 0.1) is 0 Å². The number of hydrogen-bond donors (Lipinski definition) is 1. The minimum atomic E-state index is 0.159. The van der Waals surface area contributed by atoms with Gasteiger partial charge in [-0.1, -0.05) is 13.3 Å². The average Bonchev–Trinajstić information content (AvgIpc) is 3.24. The van der Waals surface area contributed by atoms with Crippen LogP contribution < -0.4 is 5.32 Å². The smallest absolute Gasteiger partial charge is 0.223 e. The van der Waals surface area contributed by atoms with Gasteiger partial charge in [0.15, 0.2) is 0 Å². The summed E-state index contributed by atoms with van der Waals surface area (Å²) in [6, 6.07) is 0. The molecule has 0 bridgehead atoms. The maximum atomic E-state index is 12.1. The van der Waals surface area contributed by atoms with E-state index in [0.717, 1.165) is 39.0 Å². The molecule has 1 aliphatic carbocycles. The third kappa shape index (κ3) is 3.01. The lowest BCUT2D eigenvalue weighted by atomic mass is 9.86. The molecular weight excluding hydrogens is 252 g/mol. The number of nitrogens with one attached hydrogen (secondary N) is 1. The highest BCUT2D eigenvalue weighted by Gasteiger charge is 2.42. The Balaban J connectivity index is 1.60. The predicted octanol–water partition coefficient (Wildman–Crippen LogP) is 1.79. The van der Waals surface area contributed by atoms with Gasteiger partial charge >= 0.3 is 0 Å². The highest BCUT2D eigenvalue weighted by Crippen LogP contribution is 2.38. The van der Waals surface area contributed by atoms with Gasteiger partial charge in [0.2, 0.25) is 5.91 Å². The Bertz CT molecular complexity index is 346. The fourth-order valence-electron chi connectivity index (χ4n) is 3.79. The van der Waals surface area contributed by atoms with E-state index in [1.807, 2.05) is 0 Å². The Hall–Kier alpha value is -0.610. The van der Waals surface area contributed by atoms with Crippen LogP contribution >= 0.6 is 0 Å². The van der Waals surface area contributed by atoms with E-state index in [0.29, 0.717) is 5.92 Å². The number of rotatable bonds is 4. The predicted molar refractivity (Wildman–Crippen MR) is 78.5 cm³/mol. The van der Waals surface area contributed by atoms with Crippen molar-refractivity contribution in [1.82, 2.24) is 10.2 Å². The van der Waals surface area contributed by atoms with Crippen molar-refractivity contribution in [3.8, 4) is 0 Å². The van der Waals surface area contributed by atoms with Crippen molar-refractivity contribution >= 4 is 5.91 Å². The number of carbonyl (C=O) groups excluding carboxylic acids is 1. The van der Waals surface area contributed by atoms with Crippen molar-refractivity contribution in [2.24, 2.45) is 11.8 Å². The third-order valence-corrected chi connectivity index (χ3v) is 5.49. The fourth-order valence-corrected chi connectivity index (χ4v) is 3.79. The van der Waals surface area contributed by atoms with E-state index in [-0.39, 0.29) is 17.4 Å². The van der Waals surface area contributed by atoms with E-state index in [1.165, 1.54) is 32.4 Å². The van der Waals surface area contributed by atoms with Gasteiger partial charge in [-0.3, -0.25) is 9.69 Å². The second kappa shape index (κ2) is 6.02. The van der Waals surface area contributed by atoms with Crippen LogP contribution in [0.25, 0.3) is 0 Å². The van der Waals surface area contributed by atoms with Crippen LogP contribution in [0.2, 0.25) is 0 Å². The topological polar surface area (TPSA) is 41.6 Å². The highest BCUT2D eigenvalue weighted by atomic mass is 16.5. The molecule has 3 rings (SSSR count). The Morgan fingerprint density at radius 3 is 2.50 bits per heavy atom. The molecule has 0 aromatic rings. The summed E-state index contributed by atoms with van der Waals surface area (Å²) < 4.78 is 5.56. The Kier molecular flexibility index (Phi) is 4.32. The fraction of sp³-hybridized carbons (Fsp3) is 0.938. The summed E-state index contributed by atoms with van der Waals surface area (Å²) in [5.74, 6) is 1.16. The van der Waals surface area contributed by atoms with Crippen molar-refractivity contribution in [2.75, 3.05) is 32.8 Å². The van der Waals surface area contributed by atoms with E-state index in [9.17, 15) is 4.79 Å². The van der Waals surface area contributed by atoms with Crippen LogP contribution in [0.1, 0.15) is 45.4 Å². The van der Waals surface area contributed by atoms with E-state index < -0.39 is 0 Å². The first-order chi connectivity index (χ1) is 9.71. The lowest BCUT2D eigenvalue weighted by molar-refractivity contribution is -0.124. The quantitative estimate of drug-likeness (QED) is 0.853. The zero-order valence-corrected chi connectivity index (χ0v) is 12.7. The molecule has 3 aliphatic rings. The van der Waals surface area contributed by atoms with Crippen molar-refractivity contribution < 1.29 is 9.53 Å². The van der Waals surface area contributed by atoms with Crippen molar-refractivity contribution in [1.29, 1.82) is 0 Å². The number of hydrogen-bond acceptors (Lipinski definition) is 3. The molecule has 0 aromatic carbocycles. The van der Waals surface area contributed by atoms with Crippen LogP contribution in [-0.4, -0.2) is 49.2 Å². The van der Waals surface area contributed by atoms with E-state index in [2.05, 4.69) is 17.1 Å². The first kappa shape index (κ1) is 14.3.